The van der Waals surface area contributed by atoms with Crippen molar-refractivity contribution in [1.82, 2.24) is 14.3 Å². The van der Waals surface area contributed by atoms with Crippen LogP contribution in [-0.2, 0) is 0 Å². The van der Waals surface area contributed by atoms with Gasteiger partial charge in [0.05, 0.1) is 12.0 Å². The highest BCUT2D eigenvalue weighted by Crippen LogP contribution is 2.32. The Morgan fingerprint density at radius 3 is 2.61 bits per heavy atom. The molecule has 2 heterocycles. The zero-order valence-corrected chi connectivity index (χ0v) is 14.7. The fraction of sp³-hybridized carbons (Fsp3) is 0.471. The molecule has 1 aliphatic rings. The molecule has 5 nitrogen and oxygen atoms in total. The third-order valence-electron chi connectivity index (χ3n) is 3.95. The number of ether oxygens (including phenoxy) is 1. The molecule has 122 valence electrons. The number of rotatable bonds is 4. The third kappa shape index (κ3) is 4.07. The molecular formula is C17H22N4OS. The highest BCUT2D eigenvalue weighted by Gasteiger charge is 2.10. The molecule has 0 bridgehead atoms. The van der Waals surface area contributed by atoms with E-state index >= 15 is 0 Å². The molecule has 0 N–H and O–H groups in total. The first-order valence-corrected chi connectivity index (χ1v) is 8.77. The third-order valence-corrected chi connectivity index (χ3v) is 4.64. The first kappa shape index (κ1) is 15.9. The summed E-state index contributed by atoms with van der Waals surface area (Å²) in [4.78, 5) is 11.2. The Morgan fingerprint density at radius 2 is 1.91 bits per heavy atom. The number of nitrogens with zero attached hydrogens (tertiary/aromatic N) is 4. The van der Waals surface area contributed by atoms with Crippen molar-refractivity contribution in [3.63, 3.8) is 0 Å². The average molecular weight is 330 g/mol. The molecule has 3 rings (SSSR count). The molecule has 1 aliphatic heterocycles. The Morgan fingerprint density at radius 1 is 1.13 bits per heavy atom. The van der Waals surface area contributed by atoms with Gasteiger partial charge in [-0.05, 0) is 63.3 Å². The average Bonchev–Trinajstić information content (AvgIpc) is 2.95. The Hall–Kier alpha value is -1.95. The Kier molecular flexibility index (Phi) is 4.91. The zero-order chi connectivity index (χ0) is 16.2. The van der Waals surface area contributed by atoms with Crippen molar-refractivity contribution in [3.05, 3.63) is 29.1 Å². The number of piperidine rings is 1. The first-order chi connectivity index (χ1) is 11.1. The number of aromatic nitrogens is 2. The molecule has 1 aromatic heterocycles. The summed E-state index contributed by atoms with van der Waals surface area (Å²) in [7, 11) is 0. The molecule has 2 aromatic rings. The summed E-state index contributed by atoms with van der Waals surface area (Å²) in [6, 6.07) is 4.09. The quantitative estimate of drug-likeness (QED) is 0.616. The second-order valence-corrected chi connectivity index (χ2v) is 6.67. The van der Waals surface area contributed by atoms with Gasteiger partial charge in [0.15, 0.2) is 0 Å². The number of likely N-dealkylation sites (tertiary alicyclic amines) is 1. The summed E-state index contributed by atoms with van der Waals surface area (Å²) in [5.74, 6) is 1.55. The van der Waals surface area contributed by atoms with E-state index in [1.807, 2.05) is 26.3 Å². The van der Waals surface area contributed by atoms with Gasteiger partial charge in [-0.25, -0.2) is 4.99 Å². The predicted octanol–water partition coefficient (Wildman–Crippen LogP) is 4.40. The molecule has 1 saturated heterocycles. The molecule has 1 fully saturated rings. The number of aliphatic imine (C=N–C) groups is 1. The highest BCUT2D eigenvalue weighted by molar-refractivity contribution is 7.07. The summed E-state index contributed by atoms with van der Waals surface area (Å²) in [5.41, 5.74) is 3.14. The lowest BCUT2D eigenvalue weighted by Crippen LogP contribution is -2.28. The molecule has 0 spiro atoms. The lowest BCUT2D eigenvalue weighted by Gasteiger charge is -2.23. The summed E-state index contributed by atoms with van der Waals surface area (Å²) in [6.07, 6.45) is 5.84. The van der Waals surface area contributed by atoms with Crippen LogP contribution in [0, 0.1) is 20.8 Å². The minimum atomic E-state index is 0.578. The van der Waals surface area contributed by atoms with Crippen LogP contribution < -0.4 is 4.74 Å². The summed E-state index contributed by atoms with van der Waals surface area (Å²) >= 11 is 1.27. The summed E-state index contributed by atoms with van der Waals surface area (Å²) in [6.45, 7) is 8.17. The van der Waals surface area contributed by atoms with Crippen LogP contribution in [0.15, 0.2) is 17.1 Å². The van der Waals surface area contributed by atoms with Crippen LogP contribution in [0.5, 0.6) is 10.9 Å². The Bertz CT molecular complexity index is 705. The number of aryl methyl sites for hydroxylation is 3. The van der Waals surface area contributed by atoms with Gasteiger partial charge in [-0.1, -0.05) is 0 Å². The van der Waals surface area contributed by atoms with Gasteiger partial charge in [-0.2, -0.15) is 9.36 Å². The van der Waals surface area contributed by atoms with Crippen LogP contribution in [0.25, 0.3) is 0 Å². The van der Waals surface area contributed by atoms with Crippen LogP contribution >= 0.6 is 11.5 Å². The molecule has 0 amide bonds. The van der Waals surface area contributed by atoms with E-state index in [2.05, 4.69) is 32.2 Å². The zero-order valence-electron chi connectivity index (χ0n) is 13.9. The topological polar surface area (TPSA) is 50.6 Å². The maximum absolute atomic E-state index is 5.84. The van der Waals surface area contributed by atoms with Crippen molar-refractivity contribution in [3.8, 4) is 10.9 Å². The van der Waals surface area contributed by atoms with E-state index in [0.717, 1.165) is 41.5 Å². The SMILES string of the molecule is Cc1nsc(Oc2cc(C)c(N=CN3CCCCC3)cc2C)n1. The van der Waals surface area contributed by atoms with Crippen molar-refractivity contribution >= 4 is 23.6 Å². The minimum absolute atomic E-state index is 0.578. The summed E-state index contributed by atoms with van der Waals surface area (Å²) < 4.78 is 9.98. The lowest BCUT2D eigenvalue weighted by atomic mass is 10.1. The fourth-order valence-electron chi connectivity index (χ4n) is 2.61. The monoisotopic (exact) mass is 330 g/mol. The maximum atomic E-state index is 5.84. The van der Waals surface area contributed by atoms with Crippen molar-refractivity contribution in [1.29, 1.82) is 0 Å². The smallest absolute Gasteiger partial charge is 0.298 e. The van der Waals surface area contributed by atoms with Crippen molar-refractivity contribution in [2.75, 3.05) is 13.1 Å². The van der Waals surface area contributed by atoms with E-state index in [-0.39, 0.29) is 0 Å². The largest absolute Gasteiger partial charge is 0.430 e. The van der Waals surface area contributed by atoms with Crippen molar-refractivity contribution in [2.24, 2.45) is 4.99 Å². The molecule has 0 radical (unpaired) electrons. The molecule has 6 heteroatoms. The minimum Gasteiger partial charge on any atom is -0.430 e. The lowest BCUT2D eigenvalue weighted by molar-refractivity contribution is 0.351. The van der Waals surface area contributed by atoms with Gasteiger partial charge in [-0.15, -0.1) is 0 Å². The standard InChI is InChI=1S/C17H22N4OS/c1-12-10-16(22-17-19-14(3)20-23-17)13(2)9-15(12)18-11-21-7-5-4-6-8-21/h9-11H,4-8H2,1-3H3. The van der Waals surface area contributed by atoms with Gasteiger partial charge in [-0.3, -0.25) is 0 Å². The van der Waals surface area contributed by atoms with Gasteiger partial charge >= 0.3 is 0 Å². The number of hydrogen-bond donors (Lipinski definition) is 0. The second-order valence-electron chi connectivity index (χ2n) is 5.95. The first-order valence-electron chi connectivity index (χ1n) is 7.99. The van der Waals surface area contributed by atoms with Crippen LogP contribution in [0.3, 0.4) is 0 Å². The van der Waals surface area contributed by atoms with Crippen LogP contribution in [0.4, 0.5) is 5.69 Å². The van der Waals surface area contributed by atoms with E-state index < -0.39 is 0 Å². The van der Waals surface area contributed by atoms with E-state index in [1.54, 1.807) is 0 Å². The molecule has 0 saturated carbocycles. The molecule has 23 heavy (non-hydrogen) atoms. The predicted molar refractivity (Wildman–Crippen MR) is 94.2 cm³/mol. The van der Waals surface area contributed by atoms with Crippen molar-refractivity contribution < 1.29 is 4.74 Å². The van der Waals surface area contributed by atoms with Gasteiger partial charge in [0.2, 0.25) is 0 Å². The summed E-state index contributed by atoms with van der Waals surface area (Å²) in [5, 5.41) is 0.578. The van der Waals surface area contributed by atoms with Gasteiger partial charge in [0, 0.05) is 24.6 Å². The molecule has 0 aliphatic carbocycles. The highest BCUT2D eigenvalue weighted by atomic mass is 32.1. The van der Waals surface area contributed by atoms with Gasteiger partial charge in [0.1, 0.15) is 11.6 Å². The number of benzene rings is 1. The van der Waals surface area contributed by atoms with E-state index in [0.29, 0.717) is 5.19 Å². The molecular weight excluding hydrogens is 308 g/mol. The fourth-order valence-corrected chi connectivity index (χ4v) is 3.17. The normalized spacial score (nSPS) is 15.3. The van der Waals surface area contributed by atoms with E-state index in [9.17, 15) is 0 Å². The maximum Gasteiger partial charge on any atom is 0.298 e. The Labute approximate surface area is 141 Å². The van der Waals surface area contributed by atoms with Crippen LogP contribution in [0.2, 0.25) is 0 Å². The van der Waals surface area contributed by atoms with Crippen molar-refractivity contribution in [2.45, 2.75) is 40.0 Å². The van der Waals surface area contributed by atoms with Crippen LogP contribution in [0.1, 0.15) is 36.2 Å². The van der Waals surface area contributed by atoms with E-state index in [1.165, 1.54) is 30.8 Å². The Balaban J connectivity index is 1.75. The number of hydrogen-bond acceptors (Lipinski definition) is 5. The molecule has 0 unspecified atom stereocenters. The van der Waals surface area contributed by atoms with Gasteiger partial charge in [0.25, 0.3) is 5.19 Å². The van der Waals surface area contributed by atoms with E-state index in [4.69, 9.17) is 4.74 Å². The molecule has 1 aromatic carbocycles. The van der Waals surface area contributed by atoms with Gasteiger partial charge < -0.3 is 9.64 Å². The second kappa shape index (κ2) is 7.08. The van der Waals surface area contributed by atoms with Crippen LogP contribution in [-0.4, -0.2) is 33.7 Å². The molecule has 0 atom stereocenters.